The average Bonchev–Trinajstić information content (AvgIpc) is 3.52. The minimum Gasteiger partial charge on any atom is -0.393 e. The molecule has 1 aromatic heterocycles. The van der Waals surface area contributed by atoms with Crippen molar-refractivity contribution in [2.24, 2.45) is 11.8 Å². The number of aromatic nitrogens is 2. The van der Waals surface area contributed by atoms with Gasteiger partial charge in [0.2, 0.25) is 5.91 Å². The van der Waals surface area contributed by atoms with Crippen molar-refractivity contribution in [3.63, 3.8) is 0 Å². The van der Waals surface area contributed by atoms with Crippen LogP contribution in [0.25, 0.3) is 0 Å². The van der Waals surface area contributed by atoms with E-state index in [0.29, 0.717) is 44.0 Å². The summed E-state index contributed by atoms with van der Waals surface area (Å²) in [5.74, 6) is 0.559. The van der Waals surface area contributed by atoms with Crippen LogP contribution in [0.5, 0.6) is 0 Å². The fraction of sp³-hybridized carbons (Fsp3) is 0.625. The van der Waals surface area contributed by atoms with Gasteiger partial charge in [0.1, 0.15) is 5.82 Å². The Hall–Kier alpha value is -2.09. The summed E-state index contributed by atoms with van der Waals surface area (Å²) < 4.78 is 0. The number of aryl methyl sites for hydroxylation is 1. The second-order valence-corrected chi connectivity index (χ2v) is 8.71. The fourth-order valence-electron chi connectivity index (χ4n) is 4.07. The van der Waals surface area contributed by atoms with Crippen molar-refractivity contribution in [1.82, 2.24) is 15.3 Å². The second-order valence-electron chi connectivity index (χ2n) is 8.71. The van der Waals surface area contributed by atoms with Gasteiger partial charge in [-0.05, 0) is 50.5 Å². The number of amides is 1. The molecular weight excluding hydrogens is 394 g/mol. The van der Waals surface area contributed by atoms with E-state index in [1.54, 1.807) is 24.5 Å². The van der Waals surface area contributed by atoms with E-state index in [1.807, 2.05) is 12.2 Å². The van der Waals surface area contributed by atoms with Gasteiger partial charge in [-0.15, -0.1) is 0 Å². The molecule has 3 rings (SSSR count). The van der Waals surface area contributed by atoms with Gasteiger partial charge in [-0.25, -0.2) is 9.97 Å². The van der Waals surface area contributed by atoms with Gasteiger partial charge in [0.05, 0.1) is 18.3 Å². The molecule has 0 spiro atoms. The van der Waals surface area contributed by atoms with Crippen LogP contribution in [0.3, 0.4) is 0 Å². The van der Waals surface area contributed by atoms with Crippen LogP contribution in [-0.4, -0.2) is 55.5 Å². The number of hydrogen-bond acceptors (Lipinski definition) is 6. The number of rotatable bonds is 12. The number of unbranched alkanes of at least 4 members (excludes halogenated alkanes) is 1. The Morgan fingerprint density at radius 1 is 1.19 bits per heavy atom. The van der Waals surface area contributed by atoms with Gasteiger partial charge in [-0.3, -0.25) is 4.79 Å². The van der Waals surface area contributed by atoms with Gasteiger partial charge in [0.15, 0.2) is 0 Å². The molecule has 0 aliphatic heterocycles. The molecule has 5 atom stereocenters. The predicted molar refractivity (Wildman–Crippen MR) is 118 cm³/mol. The Balaban J connectivity index is 1.39. The molecule has 2 aliphatic carbocycles. The van der Waals surface area contributed by atoms with E-state index in [9.17, 15) is 20.1 Å². The third kappa shape index (κ3) is 8.16. The normalized spacial score (nSPS) is 27.2. The van der Waals surface area contributed by atoms with Crippen molar-refractivity contribution in [3.05, 3.63) is 48.6 Å². The van der Waals surface area contributed by atoms with E-state index in [1.165, 1.54) is 0 Å². The third-order valence-electron chi connectivity index (χ3n) is 6.05. The lowest BCUT2D eigenvalue weighted by Gasteiger charge is -2.19. The molecule has 4 N–H and O–H groups in total. The molecule has 2 fully saturated rings. The Morgan fingerprint density at radius 2 is 1.97 bits per heavy atom. The zero-order chi connectivity index (χ0) is 22.1. The number of aliphatic hydroxyl groups is 3. The lowest BCUT2D eigenvalue weighted by molar-refractivity contribution is -0.121. The predicted octanol–water partition coefficient (Wildman–Crippen LogP) is 2.08. The van der Waals surface area contributed by atoms with Gasteiger partial charge in [-0.1, -0.05) is 24.3 Å². The highest BCUT2D eigenvalue weighted by Crippen LogP contribution is 2.36. The number of nitrogens with zero attached hydrogens (tertiary/aromatic N) is 2. The minimum absolute atomic E-state index is 0.0784. The van der Waals surface area contributed by atoms with Crippen molar-refractivity contribution in [2.45, 2.75) is 82.1 Å². The smallest absolute Gasteiger partial charge is 0.220 e. The lowest BCUT2D eigenvalue weighted by atomic mass is 9.89. The number of carbonyl (C=O) groups excluding carboxylic acids is 1. The molecule has 0 unspecified atom stereocenters. The van der Waals surface area contributed by atoms with Crippen LogP contribution >= 0.6 is 0 Å². The molecule has 1 aromatic rings. The largest absolute Gasteiger partial charge is 0.393 e. The molecule has 170 valence electrons. The molecular formula is C24H35N3O4. The first-order valence-corrected chi connectivity index (χ1v) is 11.5. The number of hydrogen-bond donors (Lipinski definition) is 4. The first-order valence-electron chi connectivity index (χ1n) is 11.5. The Morgan fingerprint density at radius 3 is 2.71 bits per heavy atom. The highest BCUT2D eigenvalue weighted by atomic mass is 16.3. The topological polar surface area (TPSA) is 116 Å². The molecule has 31 heavy (non-hydrogen) atoms. The third-order valence-corrected chi connectivity index (χ3v) is 6.05. The maximum absolute atomic E-state index is 11.7. The minimum atomic E-state index is -0.647. The standard InChI is InChI=1S/C24H35N3O4/c28-18(11-13-23-25-14-5-15-26-23)10-12-20-19(21(29)16-22(20)30)6-3-1-2-4-7-24(31)27-17-8-9-17/h1,3,5,10,12,14-15,17-22,28-30H,2,4,6-9,11,13,16H2,(H,27,31)/b3-1-,12-10+/t18-,19-,20-,21+,22-/m1/s1. The molecule has 7 nitrogen and oxygen atoms in total. The molecule has 2 saturated carbocycles. The summed E-state index contributed by atoms with van der Waals surface area (Å²) in [7, 11) is 0. The Kier molecular flexibility index (Phi) is 9.18. The summed E-state index contributed by atoms with van der Waals surface area (Å²) in [4.78, 5) is 20.0. The first kappa shape index (κ1) is 23.6. The summed E-state index contributed by atoms with van der Waals surface area (Å²) in [6.45, 7) is 0. The van der Waals surface area contributed by atoms with Gasteiger partial charge < -0.3 is 20.6 Å². The van der Waals surface area contributed by atoms with E-state index < -0.39 is 18.3 Å². The summed E-state index contributed by atoms with van der Waals surface area (Å²) in [6, 6.07) is 2.17. The van der Waals surface area contributed by atoms with Crippen LogP contribution < -0.4 is 5.32 Å². The highest BCUT2D eigenvalue weighted by molar-refractivity contribution is 5.76. The molecule has 0 radical (unpaired) electrons. The average molecular weight is 430 g/mol. The monoisotopic (exact) mass is 429 g/mol. The number of aliphatic hydroxyl groups excluding tert-OH is 3. The van der Waals surface area contributed by atoms with Crippen LogP contribution in [0.2, 0.25) is 0 Å². The van der Waals surface area contributed by atoms with E-state index in [-0.39, 0.29) is 17.7 Å². The zero-order valence-corrected chi connectivity index (χ0v) is 18.0. The van der Waals surface area contributed by atoms with Crippen molar-refractivity contribution in [2.75, 3.05) is 0 Å². The Bertz CT molecular complexity index is 736. The number of allylic oxidation sites excluding steroid dienone is 2. The maximum Gasteiger partial charge on any atom is 0.220 e. The van der Waals surface area contributed by atoms with Crippen LogP contribution in [0.15, 0.2) is 42.8 Å². The van der Waals surface area contributed by atoms with Crippen LogP contribution in [-0.2, 0) is 11.2 Å². The summed E-state index contributed by atoms with van der Waals surface area (Å²) >= 11 is 0. The highest BCUT2D eigenvalue weighted by Gasteiger charge is 2.39. The molecule has 0 saturated heterocycles. The van der Waals surface area contributed by atoms with E-state index >= 15 is 0 Å². The van der Waals surface area contributed by atoms with Gasteiger partial charge in [0.25, 0.3) is 0 Å². The SMILES string of the molecule is O=C(CCC/C=C\C[C@@H]1[C@@H](/C=C/[C@@H](O)CCc2ncccn2)[C@H](O)C[C@@H]1O)NC1CC1. The van der Waals surface area contributed by atoms with E-state index in [0.717, 1.165) is 25.7 Å². The molecule has 0 aromatic carbocycles. The van der Waals surface area contributed by atoms with Crippen molar-refractivity contribution < 1.29 is 20.1 Å². The second kappa shape index (κ2) is 12.1. The van der Waals surface area contributed by atoms with Crippen molar-refractivity contribution >= 4 is 5.91 Å². The van der Waals surface area contributed by atoms with Crippen LogP contribution in [0.4, 0.5) is 0 Å². The maximum atomic E-state index is 11.7. The molecule has 1 amide bonds. The Labute approximate surface area is 184 Å². The van der Waals surface area contributed by atoms with Crippen molar-refractivity contribution in [1.29, 1.82) is 0 Å². The molecule has 2 aliphatic rings. The fourth-order valence-corrected chi connectivity index (χ4v) is 4.07. The molecule has 1 heterocycles. The quantitative estimate of drug-likeness (QED) is 0.299. The number of nitrogens with one attached hydrogen (secondary N) is 1. The van der Waals surface area contributed by atoms with Gasteiger partial charge >= 0.3 is 0 Å². The van der Waals surface area contributed by atoms with Gasteiger partial charge in [0, 0.05) is 43.6 Å². The summed E-state index contributed by atoms with van der Waals surface area (Å²) in [5, 5.41) is 33.9. The summed E-state index contributed by atoms with van der Waals surface area (Å²) in [6.07, 6.45) is 15.7. The molecule has 7 heteroatoms. The van der Waals surface area contributed by atoms with Crippen molar-refractivity contribution in [3.8, 4) is 0 Å². The number of carbonyl (C=O) groups is 1. The summed E-state index contributed by atoms with van der Waals surface area (Å²) in [5.41, 5.74) is 0. The van der Waals surface area contributed by atoms with Crippen LogP contribution in [0, 0.1) is 11.8 Å². The zero-order valence-electron chi connectivity index (χ0n) is 18.0. The van der Waals surface area contributed by atoms with Gasteiger partial charge in [-0.2, -0.15) is 0 Å². The van der Waals surface area contributed by atoms with E-state index in [2.05, 4.69) is 21.4 Å². The first-order chi connectivity index (χ1) is 15.0. The van der Waals surface area contributed by atoms with Crippen LogP contribution in [0.1, 0.15) is 57.2 Å². The molecule has 0 bridgehead atoms. The lowest BCUT2D eigenvalue weighted by Crippen LogP contribution is -2.24. The van der Waals surface area contributed by atoms with E-state index in [4.69, 9.17) is 0 Å².